The highest BCUT2D eigenvalue weighted by molar-refractivity contribution is 5.72. The minimum absolute atomic E-state index is 0.182. The predicted molar refractivity (Wildman–Crippen MR) is 119 cm³/mol. The molecule has 1 aliphatic heterocycles. The minimum atomic E-state index is -0.746. The molecule has 1 aromatic heterocycles. The molecule has 2 unspecified atom stereocenters. The van der Waals surface area contributed by atoms with Crippen molar-refractivity contribution in [1.29, 1.82) is 0 Å². The number of hydrogen-bond acceptors (Lipinski definition) is 6. The van der Waals surface area contributed by atoms with Gasteiger partial charge >= 0.3 is 0 Å². The second-order valence-electron chi connectivity index (χ2n) is 6.79. The van der Waals surface area contributed by atoms with Crippen LogP contribution in [0, 0.1) is 0 Å². The van der Waals surface area contributed by atoms with Crippen LogP contribution in [0.3, 0.4) is 0 Å². The van der Waals surface area contributed by atoms with E-state index >= 15 is 0 Å². The quantitative estimate of drug-likeness (QED) is 0.327. The van der Waals surface area contributed by atoms with Gasteiger partial charge in [-0.1, -0.05) is 30.4 Å². The molecule has 146 valence electrons. The average molecular weight is 385 g/mol. The Morgan fingerprint density at radius 3 is 2.62 bits per heavy atom. The summed E-state index contributed by atoms with van der Waals surface area (Å²) in [5.74, 6) is 0.731. The van der Waals surface area contributed by atoms with Crippen LogP contribution in [0.15, 0.2) is 91.3 Å². The lowest BCUT2D eigenvalue weighted by molar-refractivity contribution is 0.178. The molecule has 0 radical (unpaired) electrons. The fourth-order valence-corrected chi connectivity index (χ4v) is 3.15. The van der Waals surface area contributed by atoms with Gasteiger partial charge in [-0.3, -0.25) is 0 Å². The molecule has 3 aromatic rings. The second kappa shape index (κ2) is 8.50. The molecule has 29 heavy (non-hydrogen) atoms. The Kier molecular flexibility index (Phi) is 5.45. The highest BCUT2D eigenvalue weighted by atomic mass is 16.3. The van der Waals surface area contributed by atoms with Gasteiger partial charge in [-0.25, -0.2) is 4.98 Å². The Morgan fingerprint density at radius 2 is 1.79 bits per heavy atom. The van der Waals surface area contributed by atoms with Crippen LogP contribution in [-0.2, 0) is 0 Å². The summed E-state index contributed by atoms with van der Waals surface area (Å²) in [5.41, 5.74) is 10.3. The number of rotatable bonds is 6. The molecule has 0 aliphatic carbocycles. The first kappa shape index (κ1) is 18.6. The Hall–Kier alpha value is -3.77. The lowest BCUT2D eigenvalue weighted by atomic mass is 10.1. The summed E-state index contributed by atoms with van der Waals surface area (Å²) in [5, 5.41) is 20.0. The maximum absolute atomic E-state index is 10.4. The summed E-state index contributed by atoms with van der Waals surface area (Å²) in [6.07, 6.45) is 8.56. The molecule has 4 rings (SSSR count). The third-order valence-corrected chi connectivity index (χ3v) is 4.58. The van der Waals surface area contributed by atoms with Gasteiger partial charge in [0.1, 0.15) is 12.0 Å². The van der Waals surface area contributed by atoms with E-state index < -0.39 is 6.23 Å². The topological polar surface area (TPSA) is 95.2 Å². The maximum Gasteiger partial charge on any atom is 0.148 e. The number of hydrogen-bond donors (Lipinski definition) is 5. The third kappa shape index (κ3) is 4.75. The number of dihydropyridines is 1. The first-order valence-electron chi connectivity index (χ1n) is 9.40. The normalized spacial score (nSPS) is 16.1. The smallest absolute Gasteiger partial charge is 0.148 e. The summed E-state index contributed by atoms with van der Waals surface area (Å²) in [7, 11) is 0. The van der Waals surface area contributed by atoms with Crippen molar-refractivity contribution in [2.75, 3.05) is 16.4 Å². The minimum Gasteiger partial charge on any atom is -0.399 e. The Bertz CT molecular complexity index is 1050. The number of pyridine rings is 1. The number of nitrogens with zero attached hydrogens (tertiary/aromatic N) is 1. The van der Waals surface area contributed by atoms with Gasteiger partial charge < -0.3 is 26.8 Å². The maximum atomic E-state index is 10.4. The van der Waals surface area contributed by atoms with Gasteiger partial charge in [0.25, 0.3) is 0 Å². The zero-order valence-corrected chi connectivity index (χ0v) is 15.8. The van der Waals surface area contributed by atoms with Crippen LogP contribution in [-0.4, -0.2) is 22.4 Å². The molecule has 6 heteroatoms. The van der Waals surface area contributed by atoms with E-state index in [9.17, 15) is 5.11 Å². The van der Waals surface area contributed by atoms with E-state index in [1.807, 2.05) is 85.1 Å². The van der Waals surface area contributed by atoms with Crippen LogP contribution in [0.1, 0.15) is 0 Å². The summed E-state index contributed by atoms with van der Waals surface area (Å²) >= 11 is 0. The van der Waals surface area contributed by atoms with Gasteiger partial charge in [0.15, 0.2) is 0 Å². The molecule has 0 spiro atoms. The monoisotopic (exact) mass is 385 g/mol. The molecule has 0 saturated carbocycles. The van der Waals surface area contributed by atoms with Gasteiger partial charge in [-0.2, -0.15) is 0 Å². The van der Waals surface area contributed by atoms with Crippen molar-refractivity contribution in [3.05, 3.63) is 91.3 Å². The first-order chi connectivity index (χ1) is 14.2. The van der Waals surface area contributed by atoms with E-state index in [0.29, 0.717) is 5.69 Å². The lowest BCUT2D eigenvalue weighted by Gasteiger charge is -2.24. The van der Waals surface area contributed by atoms with Crippen molar-refractivity contribution in [3.63, 3.8) is 0 Å². The number of benzene rings is 2. The van der Waals surface area contributed by atoms with Crippen molar-refractivity contribution in [2.45, 2.75) is 12.3 Å². The summed E-state index contributed by atoms with van der Waals surface area (Å²) in [6.45, 7) is 0. The summed E-state index contributed by atoms with van der Waals surface area (Å²) < 4.78 is 0. The molecule has 0 fully saturated rings. The highest BCUT2D eigenvalue weighted by Crippen LogP contribution is 2.26. The number of nitrogens with two attached hydrogens (primary N) is 1. The number of nitrogen functional groups attached to an aromatic ring is 1. The number of nitrogens with one attached hydrogen (secondary N) is 3. The van der Waals surface area contributed by atoms with Crippen molar-refractivity contribution < 1.29 is 5.11 Å². The number of aliphatic hydroxyl groups is 1. The first-order valence-corrected chi connectivity index (χ1v) is 9.40. The molecule has 1 aliphatic rings. The van der Waals surface area contributed by atoms with Gasteiger partial charge in [0.2, 0.25) is 0 Å². The van der Waals surface area contributed by atoms with Crippen molar-refractivity contribution in [1.82, 2.24) is 10.3 Å². The van der Waals surface area contributed by atoms with Crippen LogP contribution in [0.25, 0.3) is 11.1 Å². The largest absolute Gasteiger partial charge is 0.399 e. The summed E-state index contributed by atoms with van der Waals surface area (Å²) in [6, 6.07) is 19.2. The van der Waals surface area contributed by atoms with Gasteiger partial charge in [0.05, 0.1) is 6.04 Å². The Balaban J connectivity index is 1.50. The number of allylic oxidation sites excluding steroid dienone is 2. The van der Waals surface area contributed by atoms with Crippen molar-refractivity contribution >= 4 is 22.9 Å². The fourth-order valence-electron chi connectivity index (χ4n) is 3.15. The van der Waals surface area contributed by atoms with Gasteiger partial charge in [-0.15, -0.1) is 0 Å². The Labute approximate surface area is 169 Å². The van der Waals surface area contributed by atoms with Gasteiger partial charge in [0, 0.05) is 23.3 Å². The number of aliphatic hydroxyl groups excluding tert-OH is 1. The third-order valence-electron chi connectivity index (χ3n) is 4.58. The van der Waals surface area contributed by atoms with E-state index in [1.54, 1.807) is 6.20 Å². The zero-order valence-electron chi connectivity index (χ0n) is 15.8. The fraction of sp³-hybridized carbons (Fsp3) is 0.0870. The zero-order chi connectivity index (χ0) is 20.1. The number of aromatic nitrogens is 1. The average Bonchev–Trinajstić information content (AvgIpc) is 2.75. The van der Waals surface area contributed by atoms with E-state index in [0.717, 1.165) is 28.3 Å². The molecule has 2 atom stereocenters. The van der Waals surface area contributed by atoms with Crippen molar-refractivity contribution in [2.24, 2.45) is 0 Å². The summed E-state index contributed by atoms with van der Waals surface area (Å²) in [4.78, 5) is 4.39. The van der Waals surface area contributed by atoms with Crippen LogP contribution in [0.2, 0.25) is 0 Å². The van der Waals surface area contributed by atoms with E-state index in [-0.39, 0.29) is 6.04 Å². The standard InChI is InChI=1S/C23H23N5O/c24-18-6-4-8-20(15-18)27-22-14-17(10-12-26-22)16-5-3-7-19(13-16)28-23(29)21-9-1-2-11-25-21/h1-15,21,23,25,28-29H,24H2,(H,26,27). The molecular formula is C23H23N5O. The molecule has 2 aromatic carbocycles. The molecule has 0 bridgehead atoms. The highest BCUT2D eigenvalue weighted by Gasteiger charge is 2.15. The lowest BCUT2D eigenvalue weighted by Crippen LogP contribution is -2.41. The predicted octanol–water partition coefficient (Wildman–Crippen LogP) is 3.85. The molecule has 0 saturated heterocycles. The van der Waals surface area contributed by atoms with E-state index in [2.05, 4.69) is 20.9 Å². The molecule has 2 heterocycles. The number of anilines is 4. The second-order valence-corrected chi connectivity index (χ2v) is 6.79. The van der Waals surface area contributed by atoms with E-state index in [1.165, 1.54) is 0 Å². The Morgan fingerprint density at radius 1 is 0.966 bits per heavy atom. The van der Waals surface area contributed by atoms with Crippen LogP contribution >= 0.6 is 0 Å². The van der Waals surface area contributed by atoms with Crippen molar-refractivity contribution in [3.8, 4) is 11.1 Å². The molecule has 0 amide bonds. The van der Waals surface area contributed by atoms with Gasteiger partial charge in [-0.05, 0) is 65.9 Å². The molecule has 6 nitrogen and oxygen atoms in total. The molecule has 6 N–H and O–H groups in total. The van der Waals surface area contributed by atoms with E-state index in [4.69, 9.17) is 5.73 Å². The van der Waals surface area contributed by atoms with Crippen LogP contribution in [0.5, 0.6) is 0 Å². The molecular weight excluding hydrogens is 362 g/mol. The van der Waals surface area contributed by atoms with Crippen LogP contribution < -0.4 is 21.7 Å². The van der Waals surface area contributed by atoms with Crippen LogP contribution in [0.4, 0.5) is 22.9 Å². The SMILES string of the molecule is Nc1cccc(Nc2cc(-c3cccc(NC(O)C4C=CC=CN4)c3)ccn2)c1.